The molecule has 0 aliphatic heterocycles. The number of imidazole rings is 1. The fourth-order valence-corrected chi connectivity index (χ4v) is 3.29. The number of nitrogens with one attached hydrogen (secondary N) is 1. The van der Waals surface area contributed by atoms with Gasteiger partial charge in [0, 0.05) is 24.8 Å². The highest BCUT2D eigenvalue weighted by atomic mass is 19.1. The fraction of sp³-hybridized carbons (Fsp3) is 0.350. The van der Waals surface area contributed by atoms with E-state index in [0.717, 1.165) is 18.9 Å². The second kappa shape index (κ2) is 7.27. The molecule has 6 nitrogen and oxygen atoms in total. The minimum absolute atomic E-state index is 0.0585. The van der Waals surface area contributed by atoms with Crippen molar-refractivity contribution >= 4 is 11.6 Å². The molecular formula is C20H20F2N4O2. The monoisotopic (exact) mass is 386 g/mol. The summed E-state index contributed by atoms with van der Waals surface area (Å²) in [6, 6.07) is 4.92. The van der Waals surface area contributed by atoms with Crippen LogP contribution in [0.2, 0.25) is 0 Å². The zero-order valence-corrected chi connectivity index (χ0v) is 15.6. The third kappa shape index (κ3) is 3.60. The number of carbonyl (C=O) groups excluding carboxylic acids is 1. The zero-order valence-electron chi connectivity index (χ0n) is 15.6. The number of fused-ring (bicyclic) bond motifs is 1. The molecule has 1 N–H and O–H groups in total. The Bertz CT molecular complexity index is 1030. The minimum atomic E-state index is -0.699. The molecule has 1 fully saturated rings. The van der Waals surface area contributed by atoms with Crippen LogP contribution in [0.25, 0.3) is 16.9 Å². The van der Waals surface area contributed by atoms with Gasteiger partial charge < -0.3 is 10.1 Å². The Labute approximate surface area is 160 Å². The van der Waals surface area contributed by atoms with Gasteiger partial charge in [-0.2, -0.15) is 0 Å². The number of ether oxygens (including phenoxy) is 1. The van der Waals surface area contributed by atoms with Gasteiger partial charge in [0.25, 0.3) is 5.91 Å². The summed E-state index contributed by atoms with van der Waals surface area (Å²) in [5, 5.41) is 2.96. The molecule has 1 aliphatic rings. The van der Waals surface area contributed by atoms with Gasteiger partial charge in [-0.3, -0.25) is 9.20 Å². The normalized spacial score (nSPS) is 15.0. The van der Waals surface area contributed by atoms with Gasteiger partial charge in [-0.05, 0) is 43.9 Å². The van der Waals surface area contributed by atoms with Crippen LogP contribution < -0.4 is 5.32 Å². The molecule has 1 atom stereocenters. The summed E-state index contributed by atoms with van der Waals surface area (Å²) < 4.78 is 34.2. The maximum atomic E-state index is 13.7. The molecule has 4 rings (SSSR count). The fourth-order valence-electron chi connectivity index (χ4n) is 3.29. The second-order valence-electron chi connectivity index (χ2n) is 7.11. The van der Waals surface area contributed by atoms with E-state index >= 15 is 0 Å². The van der Waals surface area contributed by atoms with Gasteiger partial charge in [0.15, 0.2) is 11.3 Å². The highest BCUT2D eigenvalue weighted by Gasteiger charge is 2.30. The second-order valence-corrected chi connectivity index (χ2v) is 7.11. The lowest BCUT2D eigenvalue weighted by atomic mass is 10.1. The molecule has 1 aliphatic carbocycles. The summed E-state index contributed by atoms with van der Waals surface area (Å²) in [5.74, 6) is -1.22. The highest BCUT2D eigenvalue weighted by molar-refractivity contribution is 5.98. The maximum Gasteiger partial charge on any atom is 0.274 e. The first kappa shape index (κ1) is 18.5. The molecule has 1 saturated carbocycles. The summed E-state index contributed by atoms with van der Waals surface area (Å²) in [5.41, 5.74) is 1.76. The lowest BCUT2D eigenvalue weighted by Crippen LogP contribution is -2.34. The van der Waals surface area contributed by atoms with E-state index in [4.69, 9.17) is 4.74 Å². The smallest absolute Gasteiger partial charge is 0.274 e. The predicted octanol–water partition coefficient (Wildman–Crippen LogP) is 3.35. The van der Waals surface area contributed by atoms with Crippen LogP contribution in [0.15, 0.2) is 30.6 Å². The average molecular weight is 386 g/mol. The van der Waals surface area contributed by atoms with Crippen molar-refractivity contribution in [2.45, 2.75) is 32.4 Å². The quantitative estimate of drug-likeness (QED) is 0.706. The number of methoxy groups -OCH3 is 1. The lowest BCUT2D eigenvalue weighted by molar-refractivity contribution is 0.0933. The Morgan fingerprint density at radius 2 is 2.00 bits per heavy atom. The number of amides is 1. The molecule has 1 amide bonds. The van der Waals surface area contributed by atoms with Gasteiger partial charge >= 0.3 is 0 Å². The van der Waals surface area contributed by atoms with Crippen molar-refractivity contribution in [3.05, 3.63) is 53.6 Å². The number of rotatable bonds is 6. The molecule has 3 aromatic rings. The number of carbonyl (C=O) groups is 1. The number of aromatic nitrogens is 3. The molecule has 2 aromatic heterocycles. The predicted molar refractivity (Wildman–Crippen MR) is 98.7 cm³/mol. The first-order valence-electron chi connectivity index (χ1n) is 9.09. The summed E-state index contributed by atoms with van der Waals surface area (Å²) in [6.45, 7) is 2.19. The van der Waals surface area contributed by atoms with E-state index in [1.54, 1.807) is 10.5 Å². The van der Waals surface area contributed by atoms with Gasteiger partial charge in [-0.15, -0.1) is 0 Å². The molecule has 1 aromatic carbocycles. The molecule has 0 saturated heterocycles. The Morgan fingerprint density at radius 3 is 2.64 bits per heavy atom. The van der Waals surface area contributed by atoms with Crippen LogP contribution in [0.5, 0.6) is 0 Å². The summed E-state index contributed by atoms with van der Waals surface area (Å²) in [4.78, 5) is 21.4. The molecule has 8 heteroatoms. The first-order chi connectivity index (χ1) is 13.5. The maximum absolute atomic E-state index is 13.7. The van der Waals surface area contributed by atoms with Gasteiger partial charge in [-0.25, -0.2) is 18.7 Å². The number of halogens is 2. The SMILES string of the molecule is COCc1cc(-c2cc(F)cc(F)c2)nc2c(C(=O)N[C@@H](C)C3CC3)ncn12. The standard InChI is InChI=1S/C20H20F2N4O2/c1-11(12-3-4-12)24-20(27)18-19-25-17(13-5-14(21)7-15(22)6-13)8-16(9-28-2)26(19)10-23-18/h5-8,10-12H,3-4,9H2,1-2H3,(H,24,27)/t11-/m0/s1. The van der Waals surface area contributed by atoms with Crippen LogP contribution >= 0.6 is 0 Å². The molecule has 0 bridgehead atoms. The van der Waals surface area contributed by atoms with Crippen molar-refractivity contribution < 1.29 is 18.3 Å². The summed E-state index contributed by atoms with van der Waals surface area (Å²) >= 11 is 0. The molecule has 0 radical (unpaired) electrons. The molecule has 0 unspecified atom stereocenters. The Hall–Kier alpha value is -2.87. The average Bonchev–Trinajstić information content (AvgIpc) is 3.40. The third-order valence-electron chi connectivity index (χ3n) is 4.93. The Balaban J connectivity index is 1.79. The Morgan fingerprint density at radius 1 is 1.29 bits per heavy atom. The van der Waals surface area contributed by atoms with E-state index in [1.807, 2.05) is 6.92 Å². The largest absolute Gasteiger partial charge is 0.378 e. The van der Waals surface area contributed by atoms with E-state index in [9.17, 15) is 13.6 Å². The van der Waals surface area contributed by atoms with E-state index < -0.39 is 11.6 Å². The van der Waals surface area contributed by atoms with Crippen molar-refractivity contribution in [3.8, 4) is 11.3 Å². The van der Waals surface area contributed by atoms with Crippen LogP contribution in [0.3, 0.4) is 0 Å². The number of hydrogen-bond acceptors (Lipinski definition) is 4. The number of benzene rings is 1. The number of nitrogens with zero attached hydrogens (tertiary/aromatic N) is 3. The van der Waals surface area contributed by atoms with E-state index in [0.29, 0.717) is 23.0 Å². The summed E-state index contributed by atoms with van der Waals surface area (Å²) in [7, 11) is 1.54. The molecule has 0 spiro atoms. The van der Waals surface area contributed by atoms with Crippen molar-refractivity contribution in [1.82, 2.24) is 19.7 Å². The minimum Gasteiger partial charge on any atom is -0.378 e. The van der Waals surface area contributed by atoms with Crippen LogP contribution in [0.1, 0.15) is 35.9 Å². The van der Waals surface area contributed by atoms with Crippen molar-refractivity contribution in [1.29, 1.82) is 0 Å². The molecule has 28 heavy (non-hydrogen) atoms. The van der Waals surface area contributed by atoms with E-state index in [-0.39, 0.29) is 29.8 Å². The molecule has 146 valence electrons. The first-order valence-corrected chi connectivity index (χ1v) is 9.09. The number of hydrogen-bond donors (Lipinski definition) is 1. The Kier molecular flexibility index (Phi) is 4.80. The third-order valence-corrected chi connectivity index (χ3v) is 4.93. The lowest BCUT2D eigenvalue weighted by Gasteiger charge is -2.12. The van der Waals surface area contributed by atoms with Crippen molar-refractivity contribution in [3.63, 3.8) is 0 Å². The zero-order chi connectivity index (χ0) is 19.8. The van der Waals surface area contributed by atoms with Gasteiger partial charge in [0.2, 0.25) is 0 Å². The van der Waals surface area contributed by atoms with Crippen LogP contribution in [-0.4, -0.2) is 33.4 Å². The topological polar surface area (TPSA) is 68.5 Å². The van der Waals surface area contributed by atoms with Gasteiger partial charge in [-0.1, -0.05) is 0 Å². The van der Waals surface area contributed by atoms with E-state index in [2.05, 4.69) is 15.3 Å². The summed E-state index contributed by atoms with van der Waals surface area (Å²) in [6.07, 6.45) is 3.72. The van der Waals surface area contributed by atoms with Gasteiger partial charge in [0.05, 0.1) is 18.0 Å². The molecular weight excluding hydrogens is 366 g/mol. The van der Waals surface area contributed by atoms with Crippen molar-refractivity contribution in [2.75, 3.05) is 7.11 Å². The van der Waals surface area contributed by atoms with Crippen LogP contribution in [-0.2, 0) is 11.3 Å². The molecule has 2 heterocycles. The van der Waals surface area contributed by atoms with Crippen molar-refractivity contribution in [2.24, 2.45) is 5.92 Å². The van der Waals surface area contributed by atoms with Crippen LogP contribution in [0, 0.1) is 17.6 Å². The highest BCUT2D eigenvalue weighted by Crippen LogP contribution is 2.32. The van der Waals surface area contributed by atoms with E-state index in [1.165, 1.54) is 25.6 Å². The van der Waals surface area contributed by atoms with Gasteiger partial charge in [0.1, 0.15) is 18.0 Å². The van der Waals surface area contributed by atoms with Crippen LogP contribution in [0.4, 0.5) is 8.78 Å².